The first-order valence-electron chi connectivity index (χ1n) is 12.6. The van der Waals surface area contributed by atoms with Gasteiger partial charge in [-0.15, -0.1) is 0 Å². The highest BCUT2D eigenvalue weighted by molar-refractivity contribution is 6.87. The molecule has 0 radical (unpaired) electrons. The summed E-state index contributed by atoms with van der Waals surface area (Å²) >= 11 is 0. The van der Waals surface area contributed by atoms with Gasteiger partial charge in [0.2, 0.25) is 0 Å². The Balaban J connectivity index is 1.85. The van der Waals surface area contributed by atoms with Crippen LogP contribution in [0.15, 0.2) is 48.5 Å². The summed E-state index contributed by atoms with van der Waals surface area (Å²) in [5, 5.41) is 0. The van der Waals surface area contributed by atoms with E-state index < -0.39 is 31.4 Å². The molecule has 0 fully saturated rings. The Kier molecular flexibility index (Phi) is 11.0. The highest BCUT2D eigenvalue weighted by atomic mass is 28.5. The maximum Gasteiger partial charge on any atom is 0.513 e. The van der Waals surface area contributed by atoms with Gasteiger partial charge >= 0.3 is 14.7 Å². The lowest BCUT2D eigenvalue weighted by molar-refractivity contribution is 0.121. The van der Waals surface area contributed by atoms with E-state index in [-0.39, 0.29) is 0 Å². The summed E-state index contributed by atoms with van der Waals surface area (Å²) < 4.78 is 23.5. The Bertz CT molecular complexity index is 959. The van der Waals surface area contributed by atoms with Crippen molar-refractivity contribution in [3.63, 3.8) is 0 Å². The summed E-state index contributed by atoms with van der Waals surface area (Å²) in [7, 11) is -4.66. The number of carbonyl (C=O) groups is 1. The first kappa shape index (κ1) is 29.5. The van der Waals surface area contributed by atoms with E-state index in [4.69, 9.17) is 13.0 Å². The molecule has 2 aromatic carbocycles. The molecule has 2 rings (SSSR count). The van der Waals surface area contributed by atoms with E-state index in [9.17, 15) is 4.79 Å². The van der Waals surface area contributed by atoms with Crippen molar-refractivity contribution < 1.29 is 22.5 Å². The number of hydrogen-bond donors (Lipinski definition) is 0. The average molecular weight is 533 g/mol. The van der Waals surface area contributed by atoms with Gasteiger partial charge in [0.1, 0.15) is 5.75 Å². The van der Waals surface area contributed by atoms with Gasteiger partial charge in [0, 0.05) is 0 Å². The number of hydrogen-bond acceptors (Lipinski definition) is 5. The van der Waals surface area contributed by atoms with Gasteiger partial charge in [-0.2, -0.15) is 0 Å². The normalized spacial score (nSPS) is 12.5. The van der Waals surface area contributed by atoms with Crippen molar-refractivity contribution in [2.24, 2.45) is 0 Å². The van der Waals surface area contributed by atoms with Crippen molar-refractivity contribution >= 4 is 31.4 Å². The molecule has 0 saturated heterocycles. The van der Waals surface area contributed by atoms with Gasteiger partial charge in [0.25, 0.3) is 0 Å². The van der Waals surface area contributed by atoms with Crippen LogP contribution in [-0.2, 0) is 25.8 Å². The van der Waals surface area contributed by atoms with Crippen LogP contribution >= 0.6 is 0 Å². The maximum absolute atomic E-state index is 11.5. The lowest BCUT2D eigenvalue weighted by Crippen LogP contribution is -2.52. The number of rotatable bonds is 13. The van der Waals surface area contributed by atoms with Gasteiger partial charge < -0.3 is 17.7 Å². The van der Waals surface area contributed by atoms with Crippen LogP contribution in [-0.4, -0.2) is 38.5 Å². The summed E-state index contributed by atoms with van der Waals surface area (Å²) in [4.78, 5) is 11.5. The molecule has 0 heterocycles. The third kappa shape index (κ3) is 10.8. The number of methoxy groups -OCH3 is 1. The summed E-state index contributed by atoms with van der Waals surface area (Å²) in [6, 6.07) is 18.5. The highest BCUT2D eigenvalue weighted by Gasteiger charge is 2.39. The molecule has 0 N–H and O–H groups in total. The van der Waals surface area contributed by atoms with E-state index in [2.05, 4.69) is 75.2 Å². The van der Waals surface area contributed by atoms with Gasteiger partial charge in [0.15, 0.2) is 16.6 Å². The summed E-state index contributed by atoms with van der Waals surface area (Å²) in [5.74, 6) is 0.566. The third-order valence-electron chi connectivity index (χ3n) is 6.09. The monoisotopic (exact) mass is 532 g/mol. The van der Waals surface area contributed by atoms with Crippen LogP contribution in [0.4, 0.5) is 4.79 Å². The van der Waals surface area contributed by atoms with E-state index in [1.54, 1.807) is 6.07 Å². The van der Waals surface area contributed by atoms with Crippen LogP contribution in [0.5, 0.6) is 5.75 Å². The zero-order valence-corrected chi connectivity index (χ0v) is 25.9. The van der Waals surface area contributed by atoms with Crippen LogP contribution in [0.3, 0.4) is 0 Å². The minimum Gasteiger partial charge on any atom is -0.437 e. The second-order valence-electron chi connectivity index (χ2n) is 10.9. The van der Waals surface area contributed by atoms with Crippen molar-refractivity contribution in [2.75, 3.05) is 7.11 Å². The largest absolute Gasteiger partial charge is 0.513 e. The lowest BCUT2D eigenvalue weighted by Gasteiger charge is -2.39. The molecule has 35 heavy (non-hydrogen) atoms. The third-order valence-corrected chi connectivity index (χ3v) is 17.6. The van der Waals surface area contributed by atoms with Crippen molar-refractivity contribution in [2.45, 2.75) is 84.0 Å². The molecular weight excluding hydrogens is 489 g/mol. The molecule has 0 aliphatic carbocycles. The molecule has 0 saturated carbocycles. The zero-order chi connectivity index (χ0) is 26.1. The predicted octanol–water partition coefficient (Wildman–Crippen LogP) is 7.85. The standard InChI is InChI=1S/C27H44O5Si3/c1-23-15-9-10-16-24(23)18-13-21-33(3,4)31-35(7,8)32-34(5,6)22-14-19-25-17-11-12-20-26(25)30-27(28)29-2/h9-12,15-17,20H,13-14,18-19,21-22H2,1-8H3. The molecular formula is C27H44O5Si3. The molecule has 0 bridgehead atoms. The summed E-state index contributed by atoms with van der Waals surface area (Å²) in [5.41, 5.74) is 3.83. The fourth-order valence-electron chi connectivity index (χ4n) is 4.69. The van der Waals surface area contributed by atoms with Gasteiger partial charge in [0.05, 0.1) is 7.11 Å². The molecule has 0 aliphatic rings. The Morgan fingerprint density at radius 2 is 1.23 bits per heavy atom. The lowest BCUT2D eigenvalue weighted by atomic mass is 10.1. The van der Waals surface area contributed by atoms with Crippen molar-refractivity contribution in [1.29, 1.82) is 0 Å². The van der Waals surface area contributed by atoms with Crippen LogP contribution in [0.1, 0.15) is 29.5 Å². The second-order valence-corrected chi connectivity index (χ2v) is 23.4. The predicted molar refractivity (Wildman–Crippen MR) is 152 cm³/mol. The zero-order valence-electron chi connectivity index (χ0n) is 22.9. The highest BCUT2D eigenvalue weighted by Crippen LogP contribution is 2.28. The maximum atomic E-state index is 11.5. The Morgan fingerprint density at radius 3 is 1.77 bits per heavy atom. The fourth-order valence-corrected chi connectivity index (χ4v) is 18.8. The van der Waals surface area contributed by atoms with Crippen molar-refractivity contribution in [3.8, 4) is 5.75 Å². The molecule has 5 nitrogen and oxygen atoms in total. The second kappa shape index (κ2) is 13.0. The molecule has 0 unspecified atom stereocenters. The van der Waals surface area contributed by atoms with Gasteiger partial charge in [-0.3, -0.25) is 0 Å². The van der Waals surface area contributed by atoms with Crippen LogP contribution < -0.4 is 4.74 Å². The average Bonchev–Trinajstić information content (AvgIpc) is 2.74. The first-order valence-corrected chi connectivity index (χ1v) is 21.7. The fraction of sp³-hybridized carbons (Fsp3) is 0.519. The molecule has 0 aliphatic heterocycles. The summed E-state index contributed by atoms with van der Waals surface area (Å²) in [6.07, 6.45) is 3.38. The minimum atomic E-state index is -2.24. The first-order chi connectivity index (χ1) is 16.3. The van der Waals surface area contributed by atoms with Crippen molar-refractivity contribution in [1.82, 2.24) is 0 Å². The van der Waals surface area contributed by atoms with Crippen LogP contribution in [0, 0.1) is 6.92 Å². The van der Waals surface area contributed by atoms with Crippen molar-refractivity contribution in [3.05, 3.63) is 65.2 Å². The van der Waals surface area contributed by atoms with E-state index >= 15 is 0 Å². The van der Waals surface area contributed by atoms with E-state index in [1.807, 2.05) is 18.2 Å². The minimum absolute atomic E-state index is 0.566. The van der Waals surface area contributed by atoms with E-state index in [1.165, 1.54) is 18.2 Å². The van der Waals surface area contributed by atoms with Crippen LogP contribution in [0.25, 0.3) is 0 Å². The topological polar surface area (TPSA) is 54.0 Å². The molecule has 8 heteroatoms. The number of para-hydroxylation sites is 1. The molecule has 0 spiro atoms. The quantitative estimate of drug-likeness (QED) is 0.149. The number of carbonyl (C=O) groups excluding carboxylic acids is 1. The molecule has 0 amide bonds. The molecule has 194 valence electrons. The van der Waals surface area contributed by atoms with Crippen LogP contribution in [0.2, 0.25) is 51.4 Å². The Labute approximate surface area is 215 Å². The molecule has 0 aromatic heterocycles. The Morgan fingerprint density at radius 1 is 0.743 bits per heavy atom. The van der Waals surface area contributed by atoms with Gasteiger partial charge in [-0.05, 0) is 107 Å². The number of benzene rings is 2. The Hall–Kier alpha value is -1.72. The number of aryl methyl sites for hydroxylation is 3. The summed E-state index contributed by atoms with van der Waals surface area (Å²) in [6.45, 7) is 15.8. The van der Waals surface area contributed by atoms with E-state index in [0.717, 1.165) is 43.3 Å². The SMILES string of the molecule is COC(=O)Oc1ccccc1CCC[Si](C)(C)O[Si](C)(C)O[Si](C)(C)CCCc1ccccc1C. The van der Waals surface area contributed by atoms with Gasteiger partial charge in [-0.1, -0.05) is 42.5 Å². The molecule has 2 aromatic rings. The van der Waals surface area contributed by atoms with Gasteiger partial charge in [-0.25, -0.2) is 4.79 Å². The molecule has 0 atom stereocenters. The smallest absolute Gasteiger partial charge is 0.437 e. The number of ether oxygens (including phenoxy) is 2. The van der Waals surface area contributed by atoms with E-state index in [0.29, 0.717) is 5.75 Å².